The van der Waals surface area contributed by atoms with Crippen LogP contribution in [0.2, 0.25) is 0 Å². The van der Waals surface area contributed by atoms with Crippen molar-refractivity contribution in [3.63, 3.8) is 0 Å². The maximum absolute atomic E-state index is 9.43. The van der Waals surface area contributed by atoms with Gasteiger partial charge in [0.2, 0.25) is 11.7 Å². The van der Waals surface area contributed by atoms with E-state index in [9.17, 15) is 5.11 Å². The van der Waals surface area contributed by atoms with Gasteiger partial charge in [-0.2, -0.15) is 4.98 Å². The van der Waals surface area contributed by atoms with Gasteiger partial charge < -0.3 is 14.9 Å². The van der Waals surface area contributed by atoms with E-state index >= 15 is 0 Å². The summed E-state index contributed by atoms with van der Waals surface area (Å²) in [7, 11) is 0. The predicted molar refractivity (Wildman–Crippen MR) is 61.1 cm³/mol. The van der Waals surface area contributed by atoms with Crippen molar-refractivity contribution < 1.29 is 9.63 Å². The summed E-state index contributed by atoms with van der Waals surface area (Å²) < 4.78 is 5.22. The second kappa shape index (κ2) is 4.27. The van der Waals surface area contributed by atoms with Crippen LogP contribution in [0.4, 0.5) is 0 Å². The van der Waals surface area contributed by atoms with Crippen LogP contribution in [0.3, 0.4) is 0 Å². The molecule has 0 aliphatic carbocycles. The normalized spacial score (nSPS) is 24.1. The Morgan fingerprint density at radius 1 is 1.29 bits per heavy atom. The zero-order valence-electron chi connectivity index (χ0n) is 9.21. The van der Waals surface area contributed by atoms with Crippen LogP contribution < -0.4 is 5.32 Å². The molecule has 5 heteroatoms. The summed E-state index contributed by atoms with van der Waals surface area (Å²) in [6, 6.07) is 9.65. The summed E-state index contributed by atoms with van der Waals surface area (Å²) in [6.45, 7) is 0.577. The van der Waals surface area contributed by atoms with Gasteiger partial charge >= 0.3 is 0 Å². The molecule has 2 atom stereocenters. The maximum atomic E-state index is 9.43. The van der Waals surface area contributed by atoms with Crippen LogP contribution in [0.15, 0.2) is 34.9 Å². The van der Waals surface area contributed by atoms with Gasteiger partial charge in [-0.1, -0.05) is 35.5 Å². The zero-order chi connectivity index (χ0) is 11.7. The number of hydrogen-bond acceptors (Lipinski definition) is 5. The van der Waals surface area contributed by atoms with Gasteiger partial charge in [0, 0.05) is 12.1 Å². The fourth-order valence-corrected chi connectivity index (χ4v) is 1.99. The Bertz CT molecular complexity index is 497. The Kier molecular flexibility index (Phi) is 2.62. The van der Waals surface area contributed by atoms with E-state index in [1.54, 1.807) is 0 Å². The molecule has 1 aliphatic rings. The van der Waals surface area contributed by atoms with Crippen molar-refractivity contribution in [2.45, 2.75) is 18.6 Å². The summed E-state index contributed by atoms with van der Waals surface area (Å²) in [5, 5.41) is 16.5. The average Bonchev–Trinajstić information content (AvgIpc) is 2.98. The maximum Gasteiger partial charge on any atom is 0.244 e. The van der Waals surface area contributed by atoms with Crippen LogP contribution in [-0.4, -0.2) is 27.9 Å². The first-order chi connectivity index (χ1) is 8.33. The number of aromatic nitrogens is 2. The quantitative estimate of drug-likeness (QED) is 0.810. The highest BCUT2D eigenvalue weighted by molar-refractivity contribution is 5.53. The number of hydrogen-bond donors (Lipinski definition) is 2. The summed E-state index contributed by atoms with van der Waals surface area (Å²) in [6.07, 6.45) is 0.295. The first-order valence-electron chi connectivity index (χ1n) is 5.63. The smallest absolute Gasteiger partial charge is 0.244 e. The lowest BCUT2D eigenvalue weighted by atomic mass is 10.2. The van der Waals surface area contributed by atoms with Gasteiger partial charge in [0.05, 0.1) is 12.1 Å². The third-order valence-corrected chi connectivity index (χ3v) is 2.88. The summed E-state index contributed by atoms with van der Waals surface area (Å²) >= 11 is 0. The number of rotatable bonds is 2. The van der Waals surface area contributed by atoms with Crippen LogP contribution >= 0.6 is 0 Å². The van der Waals surface area contributed by atoms with Crippen LogP contribution in [0.1, 0.15) is 18.4 Å². The van der Waals surface area contributed by atoms with Crippen molar-refractivity contribution in [3.05, 3.63) is 36.2 Å². The zero-order valence-corrected chi connectivity index (χ0v) is 9.21. The molecular formula is C12H13N3O2. The highest BCUT2D eigenvalue weighted by Crippen LogP contribution is 2.24. The van der Waals surface area contributed by atoms with E-state index in [1.807, 2.05) is 30.3 Å². The molecule has 1 aliphatic heterocycles. The molecule has 0 radical (unpaired) electrons. The molecular weight excluding hydrogens is 218 g/mol. The van der Waals surface area contributed by atoms with Crippen LogP contribution in [0.5, 0.6) is 0 Å². The molecule has 1 aromatic carbocycles. The van der Waals surface area contributed by atoms with Crippen molar-refractivity contribution >= 4 is 0 Å². The average molecular weight is 231 g/mol. The molecule has 0 unspecified atom stereocenters. The minimum absolute atomic E-state index is 0.0324. The first kappa shape index (κ1) is 10.4. The molecule has 1 fully saturated rings. The lowest BCUT2D eigenvalue weighted by molar-refractivity contribution is 0.191. The van der Waals surface area contributed by atoms with Gasteiger partial charge in [-0.15, -0.1) is 0 Å². The van der Waals surface area contributed by atoms with Crippen LogP contribution in [0, 0.1) is 0 Å². The Morgan fingerprint density at radius 3 is 2.82 bits per heavy atom. The van der Waals surface area contributed by atoms with Crippen molar-refractivity contribution in [3.8, 4) is 11.4 Å². The number of nitrogens with one attached hydrogen (secondary N) is 1. The van der Waals surface area contributed by atoms with Gasteiger partial charge in [-0.3, -0.25) is 0 Å². The third-order valence-electron chi connectivity index (χ3n) is 2.88. The number of nitrogens with zero attached hydrogens (tertiary/aromatic N) is 2. The topological polar surface area (TPSA) is 71.2 Å². The highest BCUT2D eigenvalue weighted by atomic mass is 16.5. The van der Waals surface area contributed by atoms with Gasteiger partial charge in [-0.25, -0.2) is 0 Å². The third kappa shape index (κ3) is 2.07. The summed E-state index contributed by atoms with van der Waals surface area (Å²) in [5.74, 6) is 1.13. The molecule has 0 amide bonds. The van der Waals surface area contributed by atoms with E-state index in [-0.39, 0.29) is 12.1 Å². The number of β-amino-alcohol motifs (C(OH)–C–C–N with tert-alkyl or cyclic N) is 1. The van der Waals surface area contributed by atoms with Crippen molar-refractivity contribution in [2.24, 2.45) is 0 Å². The van der Waals surface area contributed by atoms with Crippen molar-refractivity contribution in [1.29, 1.82) is 0 Å². The van der Waals surface area contributed by atoms with Gasteiger partial charge in [0.25, 0.3) is 0 Å². The van der Waals surface area contributed by atoms with Gasteiger partial charge in [0.1, 0.15) is 0 Å². The number of benzene rings is 1. The molecule has 0 bridgehead atoms. The Hall–Kier alpha value is -1.72. The lowest BCUT2D eigenvalue weighted by Gasteiger charge is -2.01. The molecule has 17 heavy (non-hydrogen) atoms. The second-order valence-corrected chi connectivity index (χ2v) is 4.17. The lowest BCUT2D eigenvalue weighted by Crippen LogP contribution is -2.15. The second-order valence-electron chi connectivity index (χ2n) is 4.17. The summed E-state index contributed by atoms with van der Waals surface area (Å²) in [5.41, 5.74) is 0.932. The molecule has 2 heterocycles. The Morgan fingerprint density at radius 2 is 2.12 bits per heavy atom. The summed E-state index contributed by atoms with van der Waals surface area (Å²) in [4.78, 5) is 4.35. The predicted octanol–water partition coefficient (Wildman–Crippen LogP) is 1.13. The van der Waals surface area contributed by atoms with E-state index in [2.05, 4.69) is 15.5 Å². The van der Waals surface area contributed by atoms with E-state index < -0.39 is 0 Å². The van der Waals surface area contributed by atoms with E-state index in [0.717, 1.165) is 5.56 Å². The van der Waals surface area contributed by atoms with E-state index in [4.69, 9.17) is 4.52 Å². The number of aliphatic hydroxyl groups is 1. The monoisotopic (exact) mass is 231 g/mol. The molecule has 2 N–H and O–H groups in total. The van der Waals surface area contributed by atoms with Crippen LogP contribution in [0.25, 0.3) is 11.4 Å². The van der Waals surface area contributed by atoms with Crippen molar-refractivity contribution in [2.75, 3.05) is 6.54 Å². The van der Waals surface area contributed by atoms with E-state index in [0.29, 0.717) is 24.7 Å². The molecule has 88 valence electrons. The fourth-order valence-electron chi connectivity index (χ4n) is 1.99. The molecule has 1 saturated heterocycles. The molecule has 3 rings (SSSR count). The highest BCUT2D eigenvalue weighted by Gasteiger charge is 2.28. The number of aliphatic hydroxyl groups excluding tert-OH is 1. The Labute approximate surface area is 98.5 Å². The standard InChI is InChI=1S/C12H13N3O2/c16-9-6-10(13-7-9)12-14-11(15-17-12)8-4-2-1-3-5-8/h1-5,9-10,13,16H,6-7H2/t9-,10-/m0/s1. The minimum Gasteiger partial charge on any atom is -0.392 e. The molecule has 5 nitrogen and oxygen atoms in total. The van der Waals surface area contributed by atoms with Gasteiger partial charge in [-0.05, 0) is 6.42 Å². The fraction of sp³-hybridized carbons (Fsp3) is 0.333. The SMILES string of the molecule is O[C@@H]1CN[C@H](c2nc(-c3ccccc3)no2)C1. The Balaban J connectivity index is 1.84. The molecule has 0 spiro atoms. The van der Waals surface area contributed by atoms with Crippen molar-refractivity contribution in [1.82, 2.24) is 15.5 Å². The first-order valence-corrected chi connectivity index (χ1v) is 5.63. The molecule has 2 aromatic rings. The molecule has 0 saturated carbocycles. The largest absolute Gasteiger partial charge is 0.392 e. The molecule has 1 aromatic heterocycles. The van der Waals surface area contributed by atoms with Gasteiger partial charge in [0.15, 0.2) is 0 Å². The van der Waals surface area contributed by atoms with E-state index in [1.165, 1.54) is 0 Å². The minimum atomic E-state index is -0.327. The van der Waals surface area contributed by atoms with Crippen LogP contribution in [-0.2, 0) is 0 Å².